The standard InChI is InChI=1S/C27H34N2/c1-19(2)28-27-26(22-15-9-6-10-16-22)25(21-13-7-5-8-14-21)23-17-11-12-18-24(23)29(27)20(3)4/h5,7-8,11-14,17-20,22H,6,9-10,15-16H2,1-4H3. The Bertz CT molecular complexity index is 1040. The molecule has 1 aromatic heterocycles. The molecule has 2 aromatic carbocycles. The number of para-hydroxylation sites is 1. The number of hydrogen-bond acceptors (Lipinski definition) is 1. The molecule has 2 heteroatoms. The van der Waals surface area contributed by atoms with Crippen molar-refractivity contribution in [1.82, 2.24) is 4.57 Å². The van der Waals surface area contributed by atoms with Crippen LogP contribution in [0.2, 0.25) is 0 Å². The molecule has 1 aliphatic carbocycles. The third-order valence-corrected chi connectivity index (χ3v) is 6.14. The van der Waals surface area contributed by atoms with Gasteiger partial charge in [0.1, 0.15) is 5.49 Å². The topological polar surface area (TPSA) is 17.3 Å². The second kappa shape index (κ2) is 8.57. The van der Waals surface area contributed by atoms with E-state index in [1.807, 2.05) is 0 Å². The molecule has 1 heterocycles. The van der Waals surface area contributed by atoms with Crippen LogP contribution in [0.4, 0.5) is 0 Å². The van der Waals surface area contributed by atoms with E-state index in [-0.39, 0.29) is 6.04 Å². The molecule has 0 atom stereocenters. The van der Waals surface area contributed by atoms with Crippen molar-refractivity contribution < 1.29 is 0 Å². The van der Waals surface area contributed by atoms with E-state index in [1.54, 1.807) is 0 Å². The van der Waals surface area contributed by atoms with E-state index in [0.29, 0.717) is 12.0 Å². The summed E-state index contributed by atoms with van der Waals surface area (Å²) < 4.78 is 2.49. The minimum atomic E-state index is 0.270. The molecule has 29 heavy (non-hydrogen) atoms. The van der Waals surface area contributed by atoms with Gasteiger partial charge in [-0.1, -0.05) is 67.8 Å². The molecule has 0 spiro atoms. The Kier molecular flexibility index (Phi) is 5.89. The van der Waals surface area contributed by atoms with Crippen molar-refractivity contribution >= 4 is 10.9 Å². The summed E-state index contributed by atoms with van der Waals surface area (Å²) in [6.45, 7) is 8.98. The molecule has 4 rings (SSSR count). The fourth-order valence-electron chi connectivity index (χ4n) is 4.99. The van der Waals surface area contributed by atoms with E-state index in [9.17, 15) is 0 Å². The van der Waals surface area contributed by atoms with Crippen LogP contribution in [0, 0.1) is 0 Å². The zero-order valence-electron chi connectivity index (χ0n) is 18.4. The van der Waals surface area contributed by atoms with Crippen molar-refractivity contribution in [2.75, 3.05) is 0 Å². The van der Waals surface area contributed by atoms with E-state index in [1.165, 1.54) is 65.2 Å². The van der Waals surface area contributed by atoms with Gasteiger partial charge in [-0.15, -0.1) is 0 Å². The van der Waals surface area contributed by atoms with Crippen LogP contribution in [0.3, 0.4) is 0 Å². The average Bonchev–Trinajstić information content (AvgIpc) is 2.73. The second-order valence-corrected chi connectivity index (χ2v) is 9.02. The van der Waals surface area contributed by atoms with Gasteiger partial charge in [0.2, 0.25) is 0 Å². The molecular formula is C27H34N2. The number of fused-ring (bicyclic) bond motifs is 1. The summed E-state index contributed by atoms with van der Waals surface area (Å²) in [5.74, 6) is 0.589. The fraction of sp³-hybridized carbons (Fsp3) is 0.444. The molecule has 1 aliphatic rings. The van der Waals surface area contributed by atoms with Gasteiger partial charge in [0.15, 0.2) is 0 Å². The molecule has 1 fully saturated rings. The molecule has 152 valence electrons. The lowest BCUT2D eigenvalue weighted by Gasteiger charge is -2.29. The van der Waals surface area contributed by atoms with Gasteiger partial charge in [-0.3, -0.25) is 4.99 Å². The van der Waals surface area contributed by atoms with Gasteiger partial charge in [-0.25, -0.2) is 0 Å². The summed E-state index contributed by atoms with van der Waals surface area (Å²) in [5.41, 5.74) is 6.71. The lowest BCUT2D eigenvalue weighted by Crippen LogP contribution is -2.31. The highest BCUT2D eigenvalue weighted by atomic mass is 15.1. The molecule has 1 saturated carbocycles. The lowest BCUT2D eigenvalue weighted by molar-refractivity contribution is 0.435. The van der Waals surface area contributed by atoms with Gasteiger partial charge < -0.3 is 4.57 Å². The summed E-state index contributed by atoms with van der Waals surface area (Å²) in [6, 6.07) is 20.5. The highest BCUT2D eigenvalue weighted by Crippen LogP contribution is 2.40. The van der Waals surface area contributed by atoms with Gasteiger partial charge in [0.25, 0.3) is 0 Å². The van der Waals surface area contributed by atoms with Crippen LogP contribution in [0.1, 0.15) is 77.3 Å². The summed E-state index contributed by atoms with van der Waals surface area (Å²) in [6.07, 6.45) is 6.57. The minimum absolute atomic E-state index is 0.270. The fourth-order valence-corrected chi connectivity index (χ4v) is 4.99. The van der Waals surface area contributed by atoms with Gasteiger partial charge >= 0.3 is 0 Å². The summed E-state index contributed by atoms with van der Waals surface area (Å²) in [4.78, 5) is 5.26. The van der Waals surface area contributed by atoms with Crippen LogP contribution < -0.4 is 5.49 Å². The Morgan fingerprint density at radius 1 is 0.828 bits per heavy atom. The Hall–Kier alpha value is -2.35. The molecule has 0 bridgehead atoms. The Morgan fingerprint density at radius 3 is 2.14 bits per heavy atom. The first-order valence-electron chi connectivity index (χ1n) is 11.3. The number of benzene rings is 2. The van der Waals surface area contributed by atoms with Crippen molar-refractivity contribution in [1.29, 1.82) is 0 Å². The molecule has 0 radical (unpaired) electrons. The molecule has 2 nitrogen and oxygen atoms in total. The smallest absolute Gasteiger partial charge is 0.132 e. The predicted molar refractivity (Wildman–Crippen MR) is 124 cm³/mol. The van der Waals surface area contributed by atoms with Crippen LogP contribution in [0.25, 0.3) is 22.0 Å². The summed E-state index contributed by atoms with van der Waals surface area (Å²) >= 11 is 0. The number of nitrogens with zero attached hydrogens (tertiary/aromatic N) is 2. The van der Waals surface area contributed by atoms with Crippen LogP contribution >= 0.6 is 0 Å². The molecule has 0 amide bonds. The lowest BCUT2D eigenvalue weighted by atomic mass is 9.80. The quantitative estimate of drug-likeness (QED) is 0.449. The summed E-state index contributed by atoms with van der Waals surface area (Å²) in [7, 11) is 0. The van der Waals surface area contributed by atoms with Crippen LogP contribution in [0.5, 0.6) is 0 Å². The zero-order chi connectivity index (χ0) is 20.4. The first-order chi connectivity index (χ1) is 14.1. The Balaban J connectivity index is 2.20. The zero-order valence-corrected chi connectivity index (χ0v) is 18.4. The summed E-state index contributed by atoms with van der Waals surface area (Å²) in [5, 5.41) is 1.36. The Morgan fingerprint density at radius 2 is 1.48 bits per heavy atom. The van der Waals surface area contributed by atoms with Gasteiger partial charge in [-0.05, 0) is 63.6 Å². The number of hydrogen-bond donors (Lipinski definition) is 0. The molecule has 0 saturated heterocycles. The average molecular weight is 387 g/mol. The second-order valence-electron chi connectivity index (χ2n) is 9.02. The van der Waals surface area contributed by atoms with Crippen LogP contribution in [-0.2, 0) is 0 Å². The highest BCUT2D eigenvalue weighted by molar-refractivity contribution is 5.96. The number of pyridine rings is 1. The highest BCUT2D eigenvalue weighted by Gasteiger charge is 2.25. The SMILES string of the molecule is CC(C)N=c1c(C2CCCCC2)c(-c2ccccc2)c2ccccc2n1C(C)C. The predicted octanol–water partition coefficient (Wildman–Crippen LogP) is 7.25. The van der Waals surface area contributed by atoms with Gasteiger partial charge in [0.05, 0.1) is 5.52 Å². The third kappa shape index (κ3) is 3.90. The number of rotatable bonds is 4. The first-order valence-corrected chi connectivity index (χ1v) is 11.3. The molecular weight excluding hydrogens is 352 g/mol. The van der Waals surface area contributed by atoms with Gasteiger partial charge in [-0.2, -0.15) is 0 Å². The van der Waals surface area contributed by atoms with Gasteiger partial charge in [0, 0.05) is 23.0 Å². The normalized spacial score (nSPS) is 16.3. The maximum absolute atomic E-state index is 5.26. The van der Waals surface area contributed by atoms with Crippen molar-refractivity contribution in [2.45, 2.75) is 77.8 Å². The molecule has 0 N–H and O–H groups in total. The largest absolute Gasteiger partial charge is 0.323 e. The van der Waals surface area contributed by atoms with Crippen molar-refractivity contribution in [3.05, 3.63) is 65.6 Å². The third-order valence-electron chi connectivity index (χ3n) is 6.14. The molecule has 3 aromatic rings. The van der Waals surface area contributed by atoms with E-state index < -0.39 is 0 Å². The first kappa shape index (κ1) is 19.9. The maximum atomic E-state index is 5.26. The molecule has 0 unspecified atom stereocenters. The minimum Gasteiger partial charge on any atom is -0.323 e. The van der Waals surface area contributed by atoms with Crippen molar-refractivity contribution in [3.8, 4) is 11.1 Å². The maximum Gasteiger partial charge on any atom is 0.132 e. The van der Waals surface area contributed by atoms with E-state index in [2.05, 4.69) is 86.9 Å². The monoisotopic (exact) mass is 386 g/mol. The van der Waals surface area contributed by atoms with Crippen molar-refractivity contribution in [3.63, 3.8) is 0 Å². The van der Waals surface area contributed by atoms with Crippen molar-refractivity contribution in [2.24, 2.45) is 4.99 Å². The van der Waals surface area contributed by atoms with Crippen LogP contribution in [0.15, 0.2) is 59.6 Å². The van der Waals surface area contributed by atoms with E-state index in [4.69, 9.17) is 4.99 Å². The van der Waals surface area contributed by atoms with E-state index >= 15 is 0 Å². The molecule has 0 aliphatic heterocycles. The number of aromatic nitrogens is 1. The van der Waals surface area contributed by atoms with Crippen LogP contribution in [-0.4, -0.2) is 10.6 Å². The Labute approximate surface area is 175 Å². The van der Waals surface area contributed by atoms with E-state index in [0.717, 1.165) is 0 Å².